The van der Waals surface area contributed by atoms with Crippen LogP contribution in [0, 0.1) is 16.7 Å². The van der Waals surface area contributed by atoms with Crippen molar-refractivity contribution in [3.8, 4) is 0 Å². The molecule has 19 heavy (non-hydrogen) atoms. The molecule has 0 saturated heterocycles. The molecule has 2 aliphatic rings. The molecule has 4 atom stereocenters. The first kappa shape index (κ1) is 14.6. The summed E-state index contributed by atoms with van der Waals surface area (Å²) in [6, 6.07) is 0.577. The number of carbonyl (C=O) groups is 1. The van der Waals surface area contributed by atoms with Crippen molar-refractivity contribution in [2.45, 2.75) is 52.6 Å². The van der Waals surface area contributed by atoms with Crippen LogP contribution >= 0.6 is 0 Å². The maximum Gasteiger partial charge on any atom is 0.407 e. The molecule has 110 valence electrons. The summed E-state index contributed by atoms with van der Waals surface area (Å²) in [5.74, 6) is 0.638. The Labute approximate surface area is 116 Å². The van der Waals surface area contributed by atoms with Crippen molar-refractivity contribution >= 4 is 6.09 Å². The minimum atomic E-state index is -0.274. The van der Waals surface area contributed by atoms with Gasteiger partial charge in [-0.2, -0.15) is 0 Å². The predicted molar refractivity (Wildman–Crippen MR) is 76.0 cm³/mol. The highest BCUT2D eigenvalue weighted by atomic mass is 16.5. The standard InChI is InChI=1S/C15H28N2O2/c1-7-19-13(18)16-12-11(17(5)6)10-8-9-15(12,4)14(10,2)3/h10-12H,7-9H2,1-6H3,(H,16,18). The van der Waals surface area contributed by atoms with E-state index in [4.69, 9.17) is 4.74 Å². The van der Waals surface area contributed by atoms with Crippen LogP contribution in [-0.2, 0) is 4.74 Å². The van der Waals surface area contributed by atoms with Crippen LogP contribution in [0.25, 0.3) is 0 Å². The molecule has 2 fully saturated rings. The monoisotopic (exact) mass is 268 g/mol. The zero-order valence-electron chi connectivity index (χ0n) is 13.1. The summed E-state index contributed by atoms with van der Waals surface area (Å²) in [5, 5.41) is 3.14. The Morgan fingerprint density at radius 2 is 2.00 bits per heavy atom. The van der Waals surface area contributed by atoms with E-state index in [0.717, 1.165) is 0 Å². The van der Waals surface area contributed by atoms with Gasteiger partial charge in [-0.1, -0.05) is 20.8 Å². The highest BCUT2D eigenvalue weighted by Gasteiger charge is 2.67. The fraction of sp³-hybridized carbons (Fsp3) is 0.933. The van der Waals surface area contributed by atoms with Crippen LogP contribution in [0.5, 0.6) is 0 Å². The maximum atomic E-state index is 11.8. The number of likely N-dealkylation sites (N-methyl/N-ethyl adjacent to an activating group) is 1. The first-order valence-corrected chi connectivity index (χ1v) is 7.35. The van der Waals surface area contributed by atoms with E-state index in [2.05, 4.69) is 45.1 Å². The molecule has 0 aromatic heterocycles. The summed E-state index contributed by atoms with van der Waals surface area (Å²) in [7, 11) is 4.23. The average Bonchev–Trinajstić information content (AvgIpc) is 2.60. The quantitative estimate of drug-likeness (QED) is 0.855. The molecule has 1 N–H and O–H groups in total. The smallest absolute Gasteiger partial charge is 0.407 e. The highest BCUT2D eigenvalue weighted by Crippen LogP contribution is 2.66. The molecular formula is C15H28N2O2. The number of rotatable bonds is 3. The first-order valence-electron chi connectivity index (χ1n) is 7.35. The van der Waals surface area contributed by atoms with E-state index in [1.807, 2.05) is 6.92 Å². The first-order chi connectivity index (χ1) is 8.75. The van der Waals surface area contributed by atoms with Gasteiger partial charge < -0.3 is 15.0 Å². The fourth-order valence-electron chi connectivity index (χ4n) is 4.53. The molecule has 0 radical (unpaired) electrons. The molecule has 2 rings (SSSR count). The number of amides is 1. The number of fused-ring (bicyclic) bond motifs is 2. The van der Waals surface area contributed by atoms with Crippen LogP contribution in [0.4, 0.5) is 4.79 Å². The molecule has 1 amide bonds. The van der Waals surface area contributed by atoms with Crippen LogP contribution in [0.15, 0.2) is 0 Å². The highest BCUT2D eigenvalue weighted by molar-refractivity contribution is 5.68. The van der Waals surface area contributed by atoms with Gasteiger partial charge in [0, 0.05) is 6.04 Å². The molecule has 0 aromatic carbocycles. The zero-order chi connectivity index (χ0) is 14.4. The Morgan fingerprint density at radius 1 is 1.37 bits per heavy atom. The van der Waals surface area contributed by atoms with Crippen molar-refractivity contribution in [3.05, 3.63) is 0 Å². The predicted octanol–water partition coefficient (Wildman–Crippen LogP) is 2.49. The lowest BCUT2D eigenvalue weighted by atomic mass is 9.69. The minimum Gasteiger partial charge on any atom is -0.450 e. The third-order valence-corrected chi connectivity index (χ3v) is 5.96. The topological polar surface area (TPSA) is 41.6 Å². The van der Waals surface area contributed by atoms with Gasteiger partial charge in [-0.25, -0.2) is 4.79 Å². The Balaban J connectivity index is 2.27. The largest absolute Gasteiger partial charge is 0.450 e. The molecule has 4 unspecified atom stereocenters. The number of nitrogens with one attached hydrogen (secondary N) is 1. The number of carbonyl (C=O) groups excluding carboxylic acids is 1. The van der Waals surface area contributed by atoms with Crippen LogP contribution in [0.2, 0.25) is 0 Å². The van der Waals surface area contributed by atoms with Crippen molar-refractivity contribution in [1.82, 2.24) is 10.2 Å². The lowest BCUT2D eigenvalue weighted by molar-refractivity contribution is 0.0918. The van der Waals surface area contributed by atoms with Crippen LogP contribution in [0.3, 0.4) is 0 Å². The second kappa shape index (κ2) is 4.65. The number of ether oxygens (including phenoxy) is 1. The van der Waals surface area contributed by atoms with Gasteiger partial charge in [0.2, 0.25) is 0 Å². The van der Waals surface area contributed by atoms with Gasteiger partial charge in [0.05, 0.1) is 12.6 Å². The van der Waals surface area contributed by atoms with Crippen LogP contribution in [-0.4, -0.2) is 43.8 Å². The lowest BCUT2D eigenvalue weighted by Crippen LogP contribution is -2.56. The van der Waals surface area contributed by atoms with Crippen molar-refractivity contribution in [2.75, 3.05) is 20.7 Å². The number of hydrogen-bond donors (Lipinski definition) is 1. The van der Waals surface area contributed by atoms with E-state index >= 15 is 0 Å². The summed E-state index contributed by atoms with van der Waals surface area (Å²) < 4.78 is 5.08. The average molecular weight is 268 g/mol. The van der Waals surface area contributed by atoms with Gasteiger partial charge >= 0.3 is 6.09 Å². The number of alkyl carbamates (subject to hydrolysis) is 1. The van der Waals surface area contributed by atoms with E-state index in [-0.39, 0.29) is 23.0 Å². The zero-order valence-corrected chi connectivity index (χ0v) is 13.1. The van der Waals surface area contributed by atoms with E-state index < -0.39 is 0 Å². The summed E-state index contributed by atoms with van der Waals surface area (Å²) in [4.78, 5) is 14.1. The van der Waals surface area contributed by atoms with Crippen molar-refractivity contribution in [1.29, 1.82) is 0 Å². The SMILES string of the molecule is CCOC(=O)NC1C(N(C)C)C2CCC1(C)C2(C)C. The second-order valence-corrected chi connectivity index (χ2v) is 7.08. The molecule has 0 spiro atoms. The van der Waals surface area contributed by atoms with Crippen molar-refractivity contribution in [2.24, 2.45) is 16.7 Å². The molecule has 4 heteroatoms. The molecule has 2 aliphatic carbocycles. The summed E-state index contributed by atoms with van der Waals surface area (Å²) in [6.45, 7) is 9.31. The van der Waals surface area contributed by atoms with Gasteiger partial charge in [-0.15, -0.1) is 0 Å². The number of hydrogen-bond acceptors (Lipinski definition) is 3. The Morgan fingerprint density at radius 3 is 2.53 bits per heavy atom. The van der Waals surface area contributed by atoms with Gasteiger partial charge in [0.15, 0.2) is 0 Å². The normalized spacial score (nSPS) is 39.6. The van der Waals surface area contributed by atoms with E-state index in [9.17, 15) is 4.79 Å². The fourth-order valence-corrected chi connectivity index (χ4v) is 4.53. The van der Waals surface area contributed by atoms with Gasteiger partial charge in [-0.3, -0.25) is 0 Å². The molecular weight excluding hydrogens is 240 g/mol. The van der Waals surface area contributed by atoms with Crippen LogP contribution in [0.1, 0.15) is 40.5 Å². The second-order valence-electron chi connectivity index (χ2n) is 7.08. The summed E-state index contributed by atoms with van der Waals surface area (Å²) in [5.41, 5.74) is 0.408. The molecule has 0 aliphatic heterocycles. The van der Waals surface area contributed by atoms with E-state index in [1.165, 1.54) is 12.8 Å². The van der Waals surface area contributed by atoms with Crippen molar-refractivity contribution < 1.29 is 9.53 Å². The summed E-state index contributed by atoms with van der Waals surface area (Å²) in [6.07, 6.45) is 2.17. The Hall–Kier alpha value is -0.770. The molecule has 2 bridgehead atoms. The number of nitrogens with zero attached hydrogens (tertiary/aromatic N) is 1. The molecule has 2 saturated carbocycles. The Kier molecular flexibility index (Phi) is 3.58. The van der Waals surface area contributed by atoms with E-state index in [0.29, 0.717) is 18.6 Å². The molecule has 0 aromatic rings. The Bertz CT molecular complexity index is 367. The van der Waals surface area contributed by atoms with Crippen LogP contribution < -0.4 is 5.32 Å². The van der Waals surface area contributed by atoms with Gasteiger partial charge in [0.25, 0.3) is 0 Å². The third kappa shape index (κ3) is 1.95. The lowest BCUT2D eigenvalue weighted by Gasteiger charge is -2.41. The van der Waals surface area contributed by atoms with E-state index in [1.54, 1.807) is 0 Å². The maximum absolute atomic E-state index is 11.8. The molecule has 4 nitrogen and oxygen atoms in total. The van der Waals surface area contributed by atoms with Gasteiger partial charge in [0.1, 0.15) is 0 Å². The minimum absolute atomic E-state index is 0.152. The summed E-state index contributed by atoms with van der Waals surface area (Å²) >= 11 is 0. The van der Waals surface area contributed by atoms with Gasteiger partial charge in [-0.05, 0) is 50.6 Å². The molecule has 0 heterocycles. The third-order valence-electron chi connectivity index (χ3n) is 5.96. The van der Waals surface area contributed by atoms with Crippen molar-refractivity contribution in [3.63, 3.8) is 0 Å².